The van der Waals surface area contributed by atoms with Crippen LogP contribution in [0.3, 0.4) is 0 Å². The molecule has 5 rings (SSSR count). The van der Waals surface area contributed by atoms with Crippen LogP contribution in [0.5, 0.6) is 0 Å². The molecule has 4 bridgehead atoms. The molecule has 1 amide bonds. The first kappa shape index (κ1) is 18.9. The summed E-state index contributed by atoms with van der Waals surface area (Å²) in [5, 5.41) is 3.29. The third kappa shape index (κ3) is 3.89. The fourth-order valence-corrected chi connectivity index (χ4v) is 5.64. The molecule has 4 aliphatic rings. The molecule has 0 saturated carbocycles. The predicted octanol–water partition coefficient (Wildman–Crippen LogP) is -0.390. The number of fused-ring (bicyclic) bond motifs is 1. The van der Waals surface area contributed by atoms with Crippen LogP contribution in [-0.4, -0.2) is 82.2 Å². The number of carbonyl (C=O) groups excluding carboxylic acids is 1. The van der Waals surface area contributed by atoms with Gasteiger partial charge in [-0.1, -0.05) is 30.3 Å². The Bertz CT molecular complexity index is 782. The molecular weight excluding hydrogens is 364 g/mol. The van der Waals surface area contributed by atoms with Crippen LogP contribution >= 0.6 is 0 Å². The van der Waals surface area contributed by atoms with Gasteiger partial charge in [0.1, 0.15) is 0 Å². The number of nitrogens with zero attached hydrogens (tertiary/aromatic N) is 2. The van der Waals surface area contributed by atoms with Crippen molar-refractivity contribution in [2.45, 2.75) is 17.9 Å². The highest BCUT2D eigenvalue weighted by Crippen LogP contribution is 2.43. The second-order valence-electron chi connectivity index (χ2n) is 8.21. The summed E-state index contributed by atoms with van der Waals surface area (Å²) in [5.74, 6) is 0.310. The number of carbonyl (C=O) groups is 1. The maximum absolute atomic E-state index is 12.6. The number of hydrogen-bond donors (Lipinski definition) is 2. The van der Waals surface area contributed by atoms with E-state index in [2.05, 4.69) is 44.1 Å². The second-order valence-corrected chi connectivity index (χ2v) is 10.0. The van der Waals surface area contributed by atoms with E-state index in [4.69, 9.17) is 0 Å². The highest BCUT2D eigenvalue weighted by Gasteiger charge is 2.55. The molecule has 4 heterocycles. The summed E-state index contributed by atoms with van der Waals surface area (Å²) in [5.41, 5.74) is 1.17. The Hall–Kier alpha value is -1.48. The van der Waals surface area contributed by atoms with Crippen molar-refractivity contribution in [3.63, 3.8) is 0 Å². The number of amides is 1. The average molecular weight is 393 g/mol. The molecule has 148 valence electrons. The van der Waals surface area contributed by atoms with Gasteiger partial charge in [-0.05, 0) is 5.56 Å². The van der Waals surface area contributed by atoms with Gasteiger partial charge in [0.15, 0.2) is 0 Å². The van der Waals surface area contributed by atoms with E-state index in [9.17, 15) is 13.2 Å². The van der Waals surface area contributed by atoms with Gasteiger partial charge >= 0.3 is 0 Å². The van der Waals surface area contributed by atoms with E-state index in [1.165, 1.54) is 5.56 Å². The lowest BCUT2D eigenvalue weighted by molar-refractivity contribution is -0.124. The Kier molecular flexibility index (Phi) is 5.00. The van der Waals surface area contributed by atoms with E-state index in [0.29, 0.717) is 5.92 Å². The minimum absolute atomic E-state index is 0.0798. The molecule has 1 aromatic carbocycles. The summed E-state index contributed by atoms with van der Waals surface area (Å²) in [4.78, 5) is 17.7. The molecule has 0 aliphatic carbocycles. The van der Waals surface area contributed by atoms with Gasteiger partial charge in [-0.25, -0.2) is 13.1 Å². The zero-order valence-corrected chi connectivity index (χ0v) is 16.5. The molecule has 1 aromatic rings. The third-order valence-corrected chi connectivity index (χ3v) is 6.91. The standard InChI is InChI=1S/C19H28N4O3S/c1-27(25,26)20-8-7-17(24)21-18-15-11-22-9-10-23(12-15)14-19(18,13-22)16-5-3-2-4-6-16/h2-6,15,18,20H,7-14H2,1H3,(H,21,24). The maximum Gasteiger partial charge on any atom is 0.221 e. The highest BCUT2D eigenvalue weighted by atomic mass is 32.2. The summed E-state index contributed by atoms with van der Waals surface area (Å²) < 4.78 is 24.8. The van der Waals surface area contributed by atoms with E-state index in [1.54, 1.807) is 0 Å². The second kappa shape index (κ2) is 7.16. The molecule has 0 spiro atoms. The van der Waals surface area contributed by atoms with Crippen molar-refractivity contribution in [3.05, 3.63) is 35.9 Å². The highest BCUT2D eigenvalue weighted by molar-refractivity contribution is 7.88. The maximum atomic E-state index is 12.6. The van der Waals surface area contributed by atoms with E-state index in [1.807, 2.05) is 6.07 Å². The minimum atomic E-state index is -3.27. The van der Waals surface area contributed by atoms with Crippen molar-refractivity contribution in [1.82, 2.24) is 19.8 Å². The fourth-order valence-electron chi connectivity index (χ4n) is 5.16. The Balaban J connectivity index is 1.56. The molecule has 3 atom stereocenters. The average Bonchev–Trinajstić information content (AvgIpc) is 2.86. The van der Waals surface area contributed by atoms with Crippen LogP contribution < -0.4 is 10.0 Å². The largest absolute Gasteiger partial charge is 0.352 e. The first-order valence-corrected chi connectivity index (χ1v) is 11.5. The first-order valence-electron chi connectivity index (χ1n) is 9.60. The minimum Gasteiger partial charge on any atom is -0.352 e. The molecule has 4 saturated heterocycles. The number of nitrogens with one attached hydrogen (secondary N) is 2. The molecule has 4 aliphatic heterocycles. The SMILES string of the molecule is CS(=O)(=O)NCCC(=O)NC1C2CN3CCN(C2)CC1(c1ccccc1)C3. The number of sulfonamides is 1. The van der Waals surface area contributed by atoms with Crippen LogP contribution in [0.4, 0.5) is 0 Å². The predicted molar refractivity (Wildman–Crippen MR) is 104 cm³/mol. The first-order chi connectivity index (χ1) is 12.9. The summed E-state index contributed by atoms with van der Waals surface area (Å²) in [6.45, 7) is 6.25. The van der Waals surface area contributed by atoms with Gasteiger partial charge in [0.05, 0.1) is 6.26 Å². The normalized spacial score (nSPS) is 35.0. The molecule has 0 radical (unpaired) electrons. The van der Waals surface area contributed by atoms with Gasteiger partial charge in [-0.15, -0.1) is 0 Å². The molecule has 4 fully saturated rings. The zero-order valence-electron chi connectivity index (χ0n) is 15.7. The molecule has 8 heteroatoms. The van der Waals surface area contributed by atoms with Crippen LogP contribution in [0, 0.1) is 5.92 Å². The number of piperidine rings is 2. The zero-order chi connectivity index (χ0) is 19.1. The van der Waals surface area contributed by atoms with Gasteiger partial charge < -0.3 is 15.1 Å². The lowest BCUT2D eigenvalue weighted by atomic mass is 9.64. The molecule has 27 heavy (non-hydrogen) atoms. The Morgan fingerprint density at radius 1 is 1.15 bits per heavy atom. The van der Waals surface area contributed by atoms with Crippen molar-refractivity contribution >= 4 is 15.9 Å². The van der Waals surface area contributed by atoms with Crippen LogP contribution in [0.1, 0.15) is 12.0 Å². The lowest BCUT2D eigenvalue weighted by Crippen LogP contribution is -2.70. The quantitative estimate of drug-likeness (QED) is 0.689. The molecule has 7 nitrogen and oxygen atoms in total. The van der Waals surface area contributed by atoms with E-state index >= 15 is 0 Å². The van der Waals surface area contributed by atoms with Crippen molar-refractivity contribution in [3.8, 4) is 0 Å². The molecule has 2 N–H and O–H groups in total. The van der Waals surface area contributed by atoms with Gasteiger partial charge in [-0.2, -0.15) is 0 Å². The summed E-state index contributed by atoms with van der Waals surface area (Å²) in [6, 6.07) is 10.6. The number of hydrogen-bond acceptors (Lipinski definition) is 5. The smallest absolute Gasteiger partial charge is 0.221 e. The summed E-state index contributed by atoms with van der Waals surface area (Å²) >= 11 is 0. The fraction of sp³-hybridized carbons (Fsp3) is 0.632. The summed E-state index contributed by atoms with van der Waals surface area (Å²) in [6.07, 6.45) is 1.27. The van der Waals surface area contributed by atoms with Gasteiger partial charge in [-0.3, -0.25) is 4.79 Å². The third-order valence-electron chi connectivity index (χ3n) is 6.18. The molecule has 3 unspecified atom stereocenters. The lowest BCUT2D eigenvalue weighted by Gasteiger charge is -2.55. The Morgan fingerprint density at radius 3 is 2.37 bits per heavy atom. The topological polar surface area (TPSA) is 81.7 Å². The molecule has 0 aromatic heterocycles. The Labute approximate surface area is 161 Å². The van der Waals surface area contributed by atoms with E-state index in [0.717, 1.165) is 45.5 Å². The van der Waals surface area contributed by atoms with Gasteiger partial charge in [0.25, 0.3) is 0 Å². The summed E-state index contributed by atoms with van der Waals surface area (Å²) in [7, 11) is -3.27. The van der Waals surface area contributed by atoms with Crippen molar-refractivity contribution < 1.29 is 13.2 Å². The number of benzene rings is 1. The van der Waals surface area contributed by atoms with Crippen LogP contribution in [-0.2, 0) is 20.2 Å². The van der Waals surface area contributed by atoms with Crippen molar-refractivity contribution in [1.29, 1.82) is 0 Å². The van der Waals surface area contributed by atoms with Gasteiger partial charge in [0, 0.05) is 69.6 Å². The van der Waals surface area contributed by atoms with Gasteiger partial charge in [0.2, 0.25) is 15.9 Å². The van der Waals surface area contributed by atoms with E-state index < -0.39 is 10.0 Å². The van der Waals surface area contributed by atoms with E-state index in [-0.39, 0.29) is 30.3 Å². The number of rotatable bonds is 6. The van der Waals surface area contributed by atoms with Crippen molar-refractivity contribution in [2.75, 3.05) is 52.1 Å². The van der Waals surface area contributed by atoms with Crippen LogP contribution in [0.15, 0.2) is 30.3 Å². The molecular formula is C19H28N4O3S. The monoisotopic (exact) mass is 392 g/mol. The Morgan fingerprint density at radius 2 is 1.78 bits per heavy atom. The van der Waals surface area contributed by atoms with Crippen molar-refractivity contribution in [2.24, 2.45) is 5.92 Å². The van der Waals surface area contributed by atoms with Crippen LogP contribution in [0.2, 0.25) is 0 Å². The van der Waals surface area contributed by atoms with Crippen LogP contribution in [0.25, 0.3) is 0 Å².